The van der Waals surface area contributed by atoms with Crippen LogP contribution in [0.4, 0.5) is 5.69 Å². The molecule has 0 saturated heterocycles. The Kier molecular flexibility index (Phi) is 4.59. The van der Waals surface area contributed by atoms with Gasteiger partial charge in [0.05, 0.1) is 18.1 Å². The van der Waals surface area contributed by atoms with E-state index in [0.717, 1.165) is 28.0 Å². The normalized spacial score (nSPS) is 10.1. The van der Waals surface area contributed by atoms with E-state index in [1.165, 1.54) is 0 Å². The number of nitrogens with one attached hydrogen (secondary N) is 1. The second kappa shape index (κ2) is 6.40. The lowest BCUT2D eigenvalue weighted by molar-refractivity contribution is 0.305. The number of rotatable bonds is 5. The lowest BCUT2D eigenvalue weighted by Gasteiger charge is -2.08. The standard InChI is InChI=1S/C14H15BrN2O/c1-2-17-13-7-14(9-16-8-13)18-10-11-3-5-12(15)6-4-11/h3-9,17H,2,10H2,1H3. The van der Waals surface area contributed by atoms with E-state index in [-0.39, 0.29) is 0 Å². The van der Waals surface area contributed by atoms with Crippen LogP contribution in [0, 0.1) is 0 Å². The van der Waals surface area contributed by atoms with Gasteiger partial charge in [-0.2, -0.15) is 0 Å². The second-order valence-electron chi connectivity index (χ2n) is 3.85. The number of nitrogens with zero attached hydrogens (tertiary/aromatic N) is 1. The highest BCUT2D eigenvalue weighted by molar-refractivity contribution is 9.10. The van der Waals surface area contributed by atoms with Crippen LogP contribution in [-0.4, -0.2) is 11.5 Å². The Morgan fingerprint density at radius 1 is 1.22 bits per heavy atom. The zero-order chi connectivity index (χ0) is 12.8. The first-order valence-corrected chi connectivity index (χ1v) is 6.63. The summed E-state index contributed by atoms with van der Waals surface area (Å²) in [6.07, 6.45) is 3.51. The Hall–Kier alpha value is -1.55. The van der Waals surface area contributed by atoms with Crippen LogP contribution in [0.2, 0.25) is 0 Å². The number of hydrogen-bond acceptors (Lipinski definition) is 3. The Balaban J connectivity index is 1.97. The maximum absolute atomic E-state index is 5.70. The fourth-order valence-electron chi connectivity index (χ4n) is 1.55. The maximum Gasteiger partial charge on any atom is 0.140 e. The van der Waals surface area contributed by atoms with Crippen LogP contribution >= 0.6 is 15.9 Å². The van der Waals surface area contributed by atoms with E-state index in [4.69, 9.17) is 4.74 Å². The highest BCUT2D eigenvalue weighted by Crippen LogP contribution is 2.17. The third-order valence-electron chi connectivity index (χ3n) is 2.41. The van der Waals surface area contributed by atoms with Crippen LogP contribution < -0.4 is 10.1 Å². The molecule has 1 heterocycles. The minimum absolute atomic E-state index is 0.546. The molecule has 18 heavy (non-hydrogen) atoms. The van der Waals surface area contributed by atoms with Crippen LogP contribution in [0.15, 0.2) is 47.2 Å². The van der Waals surface area contributed by atoms with Crippen molar-refractivity contribution in [3.8, 4) is 5.75 Å². The fourth-order valence-corrected chi connectivity index (χ4v) is 1.81. The summed E-state index contributed by atoms with van der Waals surface area (Å²) in [5.41, 5.74) is 2.11. The Bertz CT molecular complexity index is 499. The van der Waals surface area contributed by atoms with E-state index < -0.39 is 0 Å². The SMILES string of the molecule is CCNc1cncc(OCc2ccc(Br)cc2)c1. The molecule has 1 N–H and O–H groups in total. The van der Waals surface area contributed by atoms with Crippen LogP contribution in [0.25, 0.3) is 0 Å². The molecule has 4 heteroatoms. The lowest BCUT2D eigenvalue weighted by atomic mass is 10.2. The highest BCUT2D eigenvalue weighted by Gasteiger charge is 1.98. The number of halogens is 1. The number of anilines is 1. The first-order chi connectivity index (χ1) is 8.78. The summed E-state index contributed by atoms with van der Waals surface area (Å²) in [6, 6.07) is 10.0. The fraction of sp³-hybridized carbons (Fsp3) is 0.214. The topological polar surface area (TPSA) is 34.2 Å². The molecule has 0 saturated carbocycles. The molecule has 2 rings (SSSR count). The summed E-state index contributed by atoms with van der Waals surface area (Å²) < 4.78 is 6.77. The molecule has 0 atom stereocenters. The van der Waals surface area contributed by atoms with Gasteiger partial charge in [0, 0.05) is 17.1 Å². The Morgan fingerprint density at radius 2 is 2.00 bits per heavy atom. The largest absolute Gasteiger partial charge is 0.487 e. The van der Waals surface area contributed by atoms with Crippen LogP contribution in [0.5, 0.6) is 5.75 Å². The van der Waals surface area contributed by atoms with Gasteiger partial charge in [-0.25, -0.2) is 0 Å². The van der Waals surface area contributed by atoms with Gasteiger partial charge in [-0.05, 0) is 24.6 Å². The third-order valence-corrected chi connectivity index (χ3v) is 2.94. The van der Waals surface area contributed by atoms with Crippen LogP contribution in [0.1, 0.15) is 12.5 Å². The van der Waals surface area contributed by atoms with Crippen molar-refractivity contribution in [2.45, 2.75) is 13.5 Å². The maximum atomic E-state index is 5.70. The lowest BCUT2D eigenvalue weighted by Crippen LogP contribution is -1.99. The highest BCUT2D eigenvalue weighted by atomic mass is 79.9. The van der Waals surface area contributed by atoms with Crippen LogP contribution in [0.3, 0.4) is 0 Å². The third kappa shape index (κ3) is 3.74. The van der Waals surface area contributed by atoms with E-state index in [1.807, 2.05) is 30.3 Å². The van der Waals surface area contributed by atoms with Gasteiger partial charge in [0.15, 0.2) is 0 Å². The number of aromatic nitrogens is 1. The van der Waals surface area contributed by atoms with Crippen molar-refractivity contribution in [2.75, 3.05) is 11.9 Å². The Morgan fingerprint density at radius 3 is 2.72 bits per heavy atom. The van der Waals surface area contributed by atoms with E-state index in [2.05, 4.69) is 33.2 Å². The van der Waals surface area contributed by atoms with E-state index in [1.54, 1.807) is 12.4 Å². The minimum atomic E-state index is 0.546. The average Bonchev–Trinajstić information content (AvgIpc) is 2.39. The molecule has 0 bridgehead atoms. The average molecular weight is 307 g/mol. The predicted molar refractivity (Wildman–Crippen MR) is 76.9 cm³/mol. The summed E-state index contributed by atoms with van der Waals surface area (Å²) >= 11 is 3.41. The van der Waals surface area contributed by atoms with E-state index in [9.17, 15) is 0 Å². The van der Waals surface area contributed by atoms with E-state index >= 15 is 0 Å². The van der Waals surface area contributed by atoms with Gasteiger partial charge in [-0.3, -0.25) is 4.98 Å². The molecular weight excluding hydrogens is 292 g/mol. The van der Waals surface area contributed by atoms with Gasteiger partial charge < -0.3 is 10.1 Å². The number of ether oxygens (including phenoxy) is 1. The first-order valence-electron chi connectivity index (χ1n) is 5.84. The summed E-state index contributed by atoms with van der Waals surface area (Å²) in [5, 5.41) is 3.20. The van der Waals surface area contributed by atoms with Crippen molar-refractivity contribution < 1.29 is 4.74 Å². The summed E-state index contributed by atoms with van der Waals surface area (Å²) in [7, 11) is 0. The number of pyridine rings is 1. The Labute approximate surface area is 115 Å². The smallest absolute Gasteiger partial charge is 0.140 e. The number of benzene rings is 1. The molecule has 0 unspecified atom stereocenters. The van der Waals surface area contributed by atoms with Gasteiger partial charge in [0.1, 0.15) is 12.4 Å². The molecule has 0 fully saturated rings. The molecule has 0 aliphatic carbocycles. The minimum Gasteiger partial charge on any atom is -0.487 e. The molecule has 0 amide bonds. The van der Waals surface area contributed by atoms with Crippen molar-refractivity contribution in [1.82, 2.24) is 4.98 Å². The molecule has 1 aromatic carbocycles. The van der Waals surface area contributed by atoms with Gasteiger partial charge >= 0.3 is 0 Å². The monoisotopic (exact) mass is 306 g/mol. The summed E-state index contributed by atoms with van der Waals surface area (Å²) in [4.78, 5) is 4.13. The summed E-state index contributed by atoms with van der Waals surface area (Å²) in [6.45, 7) is 3.47. The molecular formula is C14H15BrN2O. The van der Waals surface area contributed by atoms with Crippen molar-refractivity contribution in [3.63, 3.8) is 0 Å². The van der Waals surface area contributed by atoms with Crippen molar-refractivity contribution in [2.24, 2.45) is 0 Å². The van der Waals surface area contributed by atoms with Crippen molar-refractivity contribution in [3.05, 3.63) is 52.8 Å². The molecule has 3 nitrogen and oxygen atoms in total. The molecule has 2 aromatic rings. The zero-order valence-corrected chi connectivity index (χ0v) is 11.8. The molecule has 0 radical (unpaired) electrons. The first kappa shape index (κ1) is 12.9. The van der Waals surface area contributed by atoms with Crippen molar-refractivity contribution >= 4 is 21.6 Å². The molecule has 94 valence electrons. The van der Waals surface area contributed by atoms with Gasteiger partial charge in [-0.1, -0.05) is 28.1 Å². The summed E-state index contributed by atoms with van der Waals surface area (Å²) in [5.74, 6) is 0.774. The second-order valence-corrected chi connectivity index (χ2v) is 4.77. The van der Waals surface area contributed by atoms with Gasteiger partial charge in [0.2, 0.25) is 0 Å². The van der Waals surface area contributed by atoms with E-state index in [0.29, 0.717) is 6.61 Å². The van der Waals surface area contributed by atoms with Crippen LogP contribution in [-0.2, 0) is 6.61 Å². The zero-order valence-electron chi connectivity index (χ0n) is 10.2. The molecule has 1 aromatic heterocycles. The van der Waals surface area contributed by atoms with Gasteiger partial charge in [0.25, 0.3) is 0 Å². The number of hydrogen-bond donors (Lipinski definition) is 1. The molecule has 0 spiro atoms. The van der Waals surface area contributed by atoms with Crippen molar-refractivity contribution in [1.29, 1.82) is 0 Å². The molecule has 0 aliphatic rings. The quantitative estimate of drug-likeness (QED) is 0.911. The van der Waals surface area contributed by atoms with Gasteiger partial charge in [-0.15, -0.1) is 0 Å². The predicted octanol–water partition coefficient (Wildman–Crippen LogP) is 3.85. The molecule has 0 aliphatic heterocycles.